The molecule has 0 aromatic heterocycles. The van der Waals surface area contributed by atoms with E-state index in [0.717, 1.165) is 0 Å². The van der Waals surface area contributed by atoms with Gasteiger partial charge in [0.25, 0.3) is 0 Å². The average molecular weight is 272 g/mol. The largest absolute Gasteiger partial charge is 0.463 e. The number of esters is 1. The summed E-state index contributed by atoms with van der Waals surface area (Å²) in [5.41, 5.74) is -3.58. The minimum Gasteiger partial charge on any atom is -0.463 e. The van der Waals surface area contributed by atoms with Crippen LogP contribution in [0, 0.1) is 11.8 Å². The maximum Gasteiger partial charge on any atom is 0.440 e. The summed E-state index contributed by atoms with van der Waals surface area (Å²) in [5, 5.41) is 9.44. The number of hydrogen-bond acceptors (Lipinski definition) is 3. The van der Waals surface area contributed by atoms with Gasteiger partial charge in [0.15, 0.2) is 0 Å². The predicted molar refractivity (Wildman–Crippen MR) is 61.0 cm³/mol. The van der Waals surface area contributed by atoms with Crippen LogP contribution < -0.4 is 0 Å². The van der Waals surface area contributed by atoms with Crippen LogP contribution in [-0.4, -0.2) is 29.5 Å². The van der Waals surface area contributed by atoms with E-state index in [1.165, 1.54) is 19.1 Å². The average Bonchev–Trinajstić information content (AvgIpc) is 2.36. The number of aliphatic hydroxyl groups is 1. The van der Waals surface area contributed by atoms with Gasteiger partial charge in [-0.15, -0.1) is 0 Å². The van der Waals surface area contributed by atoms with Crippen LogP contribution in [0.4, 0.5) is 13.2 Å². The van der Waals surface area contributed by atoms with Crippen molar-refractivity contribution < 1.29 is 27.8 Å². The fraction of sp³-hybridized carbons (Fsp3) is 0.308. The van der Waals surface area contributed by atoms with Crippen LogP contribution >= 0.6 is 0 Å². The first-order chi connectivity index (χ1) is 8.81. The monoisotopic (exact) mass is 272 g/mol. The predicted octanol–water partition coefficient (Wildman–Crippen LogP) is 1.89. The quantitative estimate of drug-likeness (QED) is 0.660. The molecule has 1 atom stereocenters. The van der Waals surface area contributed by atoms with E-state index in [0.29, 0.717) is 0 Å². The topological polar surface area (TPSA) is 46.5 Å². The van der Waals surface area contributed by atoms with Crippen molar-refractivity contribution in [1.82, 2.24) is 0 Å². The summed E-state index contributed by atoms with van der Waals surface area (Å²) in [6.45, 7) is 1.05. The number of hydrogen-bond donors (Lipinski definition) is 1. The Bertz CT molecular complexity index is 499. The van der Waals surface area contributed by atoms with Gasteiger partial charge in [-0.3, -0.25) is 0 Å². The molecule has 1 rings (SSSR count). The second-order valence-electron chi connectivity index (χ2n) is 3.54. The molecule has 102 valence electrons. The van der Waals surface area contributed by atoms with Crippen molar-refractivity contribution in [3.8, 4) is 11.8 Å². The van der Waals surface area contributed by atoms with Gasteiger partial charge < -0.3 is 9.84 Å². The van der Waals surface area contributed by atoms with Crippen LogP contribution in [0.1, 0.15) is 12.5 Å². The third-order valence-corrected chi connectivity index (χ3v) is 2.14. The van der Waals surface area contributed by atoms with Crippen molar-refractivity contribution in [3.05, 3.63) is 35.9 Å². The maximum atomic E-state index is 12.7. The second kappa shape index (κ2) is 5.76. The van der Waals surface area contributed by atoms with Crippen molar-refractivity contribution in [2.24, 2.45) is 0 Å². The summed E-state index contributed by atoms with van der Waals surface area (Å²) in [4.78, 5) is 11.2. The Morgan fingerprint density at radius 1 is 1.32 bits per heavy atom. The van der Waals surface area contributed by atoms with E-state index in [1.807, 2.05) is 0 Å². The molecule has 1 aromatic carbocycles. The van der Waals surface area contributed by atoms with E-state index in [4.69, 9.17) is 0 Å². The Morgan fingerprint density at radius 3 is 2.37 bits per heavy atom. The molecule has 19 heavy (non-hydrogen) atoms. The number of halogens is 3. The van der Waals surface area contributed by atoms with E-state index >= 15 is 0 Å². The molecule has 0 heterocycles. The van der Waals surface area contributed by atoms with Gasteiger partial charge in [-0.2, -0.15) is 13.2 Å². The highest BCUT2D eigenvalue weighted by Crippen LogP contribution is 2.31. The van der Waals surface area contributed by atoms with Crippen LogP contribution in [-0.2, 0) is 9.53 Å². The highest BCUT2D eigenvalue weighted by Gasteiger charge is 2.60. The van der Waals surface area contributed by atoms with E-state index in [-0.39, 0.29) is 12.2 Å². The highest BCUT2D eigenvalue weighted by atomic mass is 19.4. The Labute approximate surface area is 108 Å². The molecule has 0 saturated carbocycles. The Hall–Kier alpha value is -2.00. The Kier molecular flexibility index (Phi) is 4.57. The van der Waals surface area contributed by atoms with Crippen molar-refractivity contribution in [1.29, 1.82) is 0 Å². The molecular formula is C13H11F3O3. The van der Waals surface area contributed by atoms with Crippen LogP contribution in [0.3, 0.4) is 0 Å². The molecule has 1 N–H and O–H groups in total. The fourth-order valence-corrected chi connectivity index (χ4v) is 1.16. The lowest BCUT2D eigenvalue weighted by molar-refractivity contribution is -0.242. The van der Waals surface area contributed by atoms with Gasteiger partial charge in [0.05, 0.1) is 6.61 Å². The minimum atomic E-state index is -5.24. The number of carbonyl (C=O) groups is 1. The van der Waals surface area contributed by atoms with Crippen molar-refractivity contribution in [2.75, 3.05) is 6.61 Å². The zero-order valence-corrected chi connectivity index (χ0v) is 9.99. The van der Waals surface area contributed by atoms with Crippen molar-refractivity contribution in [3.63, 3.8) is 0 Å². The standard InChI is InChI=1S/C13H11F3O3/c1-2-19-11(17)12(18,13(14,15)16)9-8-10-6-4-3-5-7-10/h3-7,18H,2H2,1H3/t12-/m1/s1. The first-order valence-electron chi connectivity index (χ1n) is 5.36. The summed E-state index contributed by atoms with van der Waals surface area (Å²) in [5.74, 6) is 1.83. The molecule has 0 amide bonds. The number of benzene rings is 1. The molecule has 0 fully saturated rings. The lowest BCUT2D eigenvalue weighted by Gasteiger charge is -2.22. The molecule has 0 unspecified atom stereocenters. The van der Waals surface area contributed by atoms with Crippen LogP contribution in [0.25, 0.3) is 0 Å². The first kappa shape index (κ1) is 15.1. The highest BCUT2D eigenvalue weighted by molar-refractivity contribution is 5.84. The summed E-state index contributed by atoms with van der Waals surface area (Å²) in [7, 11) is 0. The van der Waals surface area contributed by atoms with Gasteiger partial charge in [0, 0.05) is 5.56 Å². The zero-order valence-electron chi connectivity index (χ0n) is 9.99. The summed E-state index contributed by atoms with van der Waals surface area (Å²) in [6.07, 6.45) is -5.24. The van der Waals surface area contributed by atoms with Crippen LogP contribution in [0.15, 0.2) is 30.3 Å². The van der Waals surface area contributed by atoms with Gasteiger partial charge in [-0.05, 0) is 25.0 Å². The number of carbonyl (C=O) groups excluding carboxylic acids is 1. The molecule has 0 bridgehead atoms. The smallest absolute Gasteiger partial charge is 0.440 e. The van der Waals surface area contributed by atoms with Gasteiger partial charge in [0.1, 0.15) is 0 Å². The molecule has 6 heteroatoms. The van der Waals surface area contributed by atoms with Gasteiger partial charge in [-0.25, -0.2) is 4.79 Å². The normalized spacial score (nSPS) is 13.9. The Balaban J connectivity index is 3.14. The molecule has 0 aliphatic carbocycles. The lowest BCUT2D eigenvalue weighted by Crippen LogP contribution is -2.52. The fourth-order valence-electron chi connectivity index (χ4n) is 1.16. The molecule has 0 spiro atoms. The second-order valence-corrected chi connectivity index (χ2v) is 3.54. The van der Waals surface area contributed by atoms with E-state index in [1.54, 1.807) is 24.1 Å². The number of alkyl halides is 3. The summed E-state index contributed by atoms with van der Waals surface area (Å²) < 4.78 is 42.4. The third-order valence-electron chi connectivity index (χ3n) is 2.14. The summed E-state index contributed by atoms with van der Waals surface area (Å²) >= 11 is 0. The van der Waals surface area contributed by atoms with Gasteiger partial charge >= 0.3 is 17.7 Å². The molecule has 1 aromatic rings. The molecule has 0 radical (unpaired) electrons. The molecule has 0 saturated heterocycles. The molecule has 0 aliphatic heterocycles. The van der Waals surface area contributed by atoms with Crippen molar-refractivity contribution >= 4 is 5.97 Å². The molecular weight excluding hydrogens is 261 g/mol. The number of rotatable bonds is 2. The first-order valence-corrected chi connectivity index (χ1v) is 5.36. The van der Waals surface area contributed by atoms with E-state index < -0.39 is 17.7 Å². The van der Waals surface area contributed by atoms with E-state index in [9.17, 15) is 23.1 Å². The Morgan fingerprint density at radius 2 is 1.89 bits per heavy atom. The van der Waals surface area contributed by atoms with Crippen LogP contribution in [0.5, 0.6) is 0 Å². The molecule has 3 nitrogen and oxygen atoms in total. The minimum absolute atomic E-state index is 0.245. The maximum absolute atomic E-state index is 12.7. The molecule has 0 aliphatic rings. The van der Waals surface area contributed by atoms with Gasteiger partial charge in [0.2, 0.25) is 0 Å². The SMILES string of the molecule is CCOC(=O)[C@](O)(C#Cc1ccccc1)C(F)(F)F. The van der Waals surface area contributed by atoms with Gasteiger partial charge in [-0.1, -0.05) is 24.1 Å². The third kappa shape index (κ3) is 3.48. The zero-order chi connectivity index (χ0) is 14.5. The number of ether oxygens (including phenoxy) is 1. The van der Waals surface area contributed by atoms with Crippen molar-refractivity contribution in [2.45, 2.75) is 18.7 Å². The summed E-state index contributed by atoms with van der Waals surface area (Å²) in [6, 6.07) is 7.71. The van der Waals surface area contributed by atoms with Crippen LogP contribution in [0.2, 0.25) is 0 Å². The lowest BCUT2D eigenvalue weighted by atomic mass is 10.0. The van der Waals surface area contributed by atoms with E-state index in [2.05, 4.69) is 10.7 Å².